The fraction of sp³-hybridized carbons (Fsp3) is 0.350. The Morgan fingerprint density at radius 1 is 1.04 bits per heavy atom. The zero-order chi connectivity index (χ0) is 17.1. The van der Waals surface area contributed by atoms with Gasteiger partial charge in [-0.25, -0.2) is 4.98 Å². The van der Waals surface area contributed by atoms with Gasteiger partial charge in [0, 0.05) is 25.3 Å². The standard InChI is InChI=1S/C20H23N3OS/c1-22(15-20-21-17-7-3-5-9-19(17)25-20)14-16-6-2-4-8-18(16)23-10-12-24-13-11-23/h2-9H,10-15H2,1H3. The van der Waals surface area contributed by atoms with Gasteiger partial charge in [0.25, 0.3) is 0 Å². The van der Waals surface area contributed by atoms with E-state index in [9.17, 15) is 0 Å². The van der Waals surface area contributed by atoms with Gasteiger partial charge in [-0.1, -0.05) is 30.3 Å². The summed E-state index contributed by atoms with van der Waals surface area (Å²) in [5, 5.41) is 1.17. The third-order valence-electron chi connectivity index (χ3n) is 4.53. The molecule has 1 aliphatic heterocycles. The molecule has 3 aromatic rings. The second-order valence-electron chi connectivity index (χ2n) is 6.48. The number of thiazole rings is 1. The van der Waals surface area contributed by atoms with Crippen LogP contribution in [0.4, 0.5) is 5.69 Å². The van der Waals surface area contributed by atoms with Crippen LogP contribution in [0.3, 0.4) is 0 Å². The van der Waals surface area contributed by atoms with Gasteiger partial charge >= 0.3 is 0 Å². The normalized spacial score (nSPS) is 15.2. The number of morpholine rings is 1. The van der Waals surface area contributed by atoms with Gasteiger partial charge < -0.3 is 9.64 Å². The lowest BCUT2D eigenvalue weighted by Crippen LogP contribution is -2.37. The maximum Gasteiger partial charge on any atom is 0.108 e. The van der Waals surface area contributed by atoms with Crippen LogP contribution < -0.4 is 4.90 Å². The molecule has 0 aliphatic carbocycles. The molecule has 0 saturated carbocycles. The summed E-state index contributed by atoms with van der Waals surface area (Å²) in [7, 11) is 2.17. The van der Waals surface area contributed by atoms with Crippen molar-refractivity contribution in [2.75, 3.05) is 38.3 Å². The van der Waals surface area contributed by atoms with E-state index < -0.39 is 0 Å². The van der Waals surface area contributed by atoms with Crippen LogP contribution in [0, 0.1) is 0 Å². The average Bonchev–Trinajstić information content (AvgIpc) is 3.05. The number of aromatic nitrogens is 1. The number of anilines is 1. The maximum absolute atomic E-state index is 5.49. The Hall–Kier alpha value is -1.95. The topological polar surface area (TPSA) is 28.6 Å². The first-order valence-corrected chi connectivity index (χ1v) is 9.55. The first-order chi connectivity index (χ1) is 12.3. The Bertz CT molecular complexity index is 809. The quantitative estimate of drug-likeness (QED) is 0.698. The molecule has 1 fully saturated rings. The molecular formula is C20H23N3OS. The van der Waals surface area contributed by atoms with Crippen LogP contribution in [0.5, 0.6) is 0 Å². The zero-order valence-electron chi connectivity index (χ0n) is 14.5. The fourth-order valence-electron chi connectivity index (χ4n) is 3.32. The molecule has 4 rings (SSSR count). The SMILES string of the molecule is CN(Cc1nc2ccccc2s1)Cc1ccccc1N1CCOCC1. The molecule has 1 aliphatic rings. The number of fused-ring (bicyclic) bond motifs is 1. The van der Waals surface area contributed by atoms with Gasteiger partial charge in [0.05, 0.1) is 30.0 Å². The van der Waals surface area contributed by atoms with Crippen LogP contribution in [0.15, 0.2) is 48.5 Å². The fourth-order valence-corrected chi connectivity index (χ4v) is 4.37. The summed E-state index contributed by atoms with van der Waals surface area (Å²) < 4.78 is 6.75. The molecule has 25 heavy (non-hydrogen) atoms. The van der Waals surface area contributed by atoms with Gasteiger partial charge in [0.1, 0.15) is 5.01 Å². The van der Waals surface area contributed by atoms with Gasteiger partial charge in [-0.2, -0.15) is 0 Å². The van der Waals surface area contributed by atoms with Crippen LogP contribution in [0.2, 0.25) is 0 Å². The molecule has 0 spiro atoms. The molecule has 0 N–H and O–H groups in total. The van der Waals surface area contributed by atoms with E-state index in [0.29, 0.717) is 0 Å². The smallest absolute Gasteiger partial charge is 0.108 e. The maximum atomic E-state index is 5.49. The highest BCUT2D eigenvalue weighted by atomic mass is 32.1. The molecule has 130 valence electrons. The first-order valence-electron chi connectivity index (χ1n) is 8.73. The molecule has 0 bridgehead atoms. The summed E-state index contributed by atoms with van der Waals surface area (Å²) in [6.07, 6.45) is 0. The Kier molecular flexibility index (Phi) is 4.97. The molecule has 0 unspecified atom stereocenters. The Morgan fingerprint density at radius 2 is 1.80 bits per heavy atom. The van der Waals surface area contributed by atoms with Crippen LogP contribution in [0.1, 0.15) is 10.6 Å². The number of nitrogens with zero attached hydrogens (tertiary/aromatic N) is 3. The summed E-state index contributed by atoms with van der Waals surface area (Å²) >= 11 is 1.79. The minimum absolute atomic E-state index is 0.815. The minimum atomic E-state index is 0.815. The lowest BCUT2D eigenvalue weighted by atomic mass is 10.1. The zero-order valence-corrected chi connectivity index (χ0v) is 15.3. The van der Waals surface area contributed by atoms with Gasteiger partial charge in [-0.3, -0.25) is 4.90 Å². The average molecular weight is 353 g/mol. The van der Waals surface area contributed by atoms with Crippen LogP contribution in [-0.2, 0) is 17.8 Å². The highest BCUT2D eigenvalue weighted by Crippen LogP contribution is 2.25. The van der Waals surface area contributed by atoms with E-state index in [1.165, 1.54) is 21.0 Å². The van der Waals surface area contributed by atoms with Crippen molar-refractivity contribution in [2.45, 2.75) is 13.1 Å². The van der Waals surface area contributed by atoms with E-state index in [2.05, 4.69) is 59.3 Å². The summed E-state index contributed by atoms with van der Waals surface area (Å²) in [6.45, 7) is 5.36. The van der Waals surface area contributed by atoms with Crippen molar-refractivity contribution in [3.05, 3.63) is 59.1 Å². The van der Waals surface area contributed by atoms with E-state index in [0.717, 1.165) is 44.9 Å². The largest absolute Gasteiger partial charge is 0.378 e. The molecule has 1 saturated heterocycles. The Morgan fingerprint density at radius 3 is 2.64 bits per heavy atom. The summed E-state index contributed by atoms with van der Waals surface area (Å²) in [6, 6.07) is 17.1. The summed E-state index contributed by atoms with van der Waals surface area (Å²) in [5.41, 5.74) is 3.81. The second kappa shape index (κ2) is 7.52. The van der Waals surface area contributed by atoms with Crippen molar-refractivity contribution in [2.24, 2.45) is 0 Å². The lowest BCUT2D eigenvalue weighted by molar-refractivity contribution is 0.122. The number of hydrogen-bond acceptors (Lipinski definition) is 5. The highest BCUT2D eigenvalue weighted by Gasteiger charge is 2.15. The molecular weight excluding hydrogens is 330 g/mol. The number of benzene rings is 2. The third-order valence-corrected chi connectivity index (χ3v) is 5.55. The number of ether oxygens (including phenoxy) is 1. The predicted octanol–water partition coefficient (Wildman–Crippen LogP) is 3.76. The van der Waals surface area contributed by atoms with E-state index in [4.69, 9.17) is 9.72 Å². The highest BCUT2D eigenvalue weighted by molar-refractivity contribution is 7.18. The molecule has 0 radical (unpaired) electrons. The molecule has 2 heterocycles. The molecule has 5 heteroatoms. The van der Waals surface area contributed by atoms with E-state index in [-0.39, 0.29) is 0 Å². The van der Waals surface area contributed by atoms with Crippen LogP contribution in [-0.4, -0.2) is 43.2 Å². The molecule has 0 amide bonds. The van der Waals surface area contributed by atoms with Gasteiger partial charge in [-0.05, 0) is 30.8 Å². The van der Waals surface area contributed by atoms with Crippen molar-refractivity contribution in [3.63, 3.8) is 0 Å². The van der Waals surface area contributed by atoms with Crippen molar-refractivity contribution >= 4 is 27.2 Å². The number of hydrogen-bond donors (Lipinski definition) is 0. The Balaban J connectivity index is 1.47. The van der Waals surface area contributed by atoms with Crippen LogP contribution >= 0.6 is 11.3 Å². The number of para-hydroxylation sites is 2. The molecule has 2 aromatic carbocycles. The van der Waals surface area contributed by atoms with Crippen molar-refractivity contribution in [3.8, 4) is 0 Å². The van der Waals surface area contributed by atoms with Crippen molar-refractivity contribution < 1.29 is 4.74 Å². The van der Waals surface area contributed by atoms with Gasteiger partial charge in [0.15, 0.2) is 0 Å². The van der Waals surface area contributed by atoms with Crippen molar-refractivity contribution in [1.82, 2.24) is 9.88 Å². The molecule has 1 aromatic heterocycles. The summed E-state index contributed by atoms with van der Waals surface area (Å²) in [5.74, 6) is 0. The Labute approximate surface area is 152 Å². The van der Waals surface area contributed by atoms with E-state index in [1.54, 1.807) is 11.3 Å². The van der Waals surface area contributed by atoms with Gasteiger partial charge in [-0.15, -0.1) is 11.3 Å². The van der Waals surface area contributed by atoms with Crippen LogP contribution in [0.25, 0.3) is 10.2 Å². The monoisotopic (exact) mass is 353 g/mol. The first kappa shape index (κ1) is 16.5. The van der Waals surface area contributed by atoms with Gasteiger partial charge in [0.2, 0.25) is 0 Å². The summed E-state index contributed by atoms with van der Waals surface area (Å²) in [4.78, 5) is 9.54. The second-order valence-corrected chi connectivity index (χ2v) is 7.59. The van der Waals surface area contributed by atoms with Crippen molar-refractivity contribution in [1.29, 1.82) is 0 Å². The van der Waals surface area contributed by atoms with E-state index >= 15 is 0 Å². The molecule has 4 nitrogen and oxygen atoms in total. The predicted molar refractivity (Wildman–Crippen MR) is 104 cm³/mol. The van der Waals surface area contributed by atoms with E-state index in [1.807, 2.05) is 6.07 Å². The lowest BCUT2D eigenvalue weighted by Gasteiger charge is -2.31. The third kappa shape index (κ3) is 3.84. The molecule has 0 atom stereocenters. The minimum Gasteiger partial charge on any atom is -0.378 e. The number of rotatable bonds is 5.